The molecule has 1 aliphatic heterocycles. The standard InChI is InChI=1S/C21H29N5O2/c1-21(2,3)14-22-19(27)17-18(24-15-23-17)20(28)26-11-9-25(10-12-26)13-16-7-5-4-6-8-16/h4-8,15H,9-14H2,1-3H3,(H,22,27)(H,23,24). The molecule has 2 amide bonds. The lowest BCUT2D eigenvalue weighted by molar-refractivity contribution is 0.0619. The lowest BCUT2D eigenvalue weighted by Crippen LogP contribution is -2.48. The van der Waals surface area contributed by atoms with E-state index < -0.39 is 0 Å². The molecule has 3 rings (SSSR count). The summed E-state index contributed by atoms with van der Waals surface area (Å²) in [6, 6.07) is 10.3. The van der Waals surface area contributed by atoms with Crippen molar-refractivity contribution in [1.82, 2.24) is 25.1 Å². The van der Waals surface area contributed by atoms with Gasteiger partial charge in [0.1, 0.15) is 5.69 Å². The second-order valence-corrected chi connectivity index (χ2v) is 8.42. The summed E-state index contributed by atoms with van der Waals surface area (Å²) >= 11 is 0. The molecule has 0 spiro atoms. The number of hydrogen-bond donors (Lipinski definition) is 2. The van der Waals surface area contributed by atoms with Gasteiger partial charge in [0.2, 0.25) is 0 Å². The quantitative estimate of drug-likeness (QED) is 0.829. The summed E-state index contributed by atoms with van der Waals surface area (Å²) < 4.78 is 0. The van der Waals surface area contributed by atoms with Crippen LogP contribution in [-0.4, -0.2) is 64.3 Å². The van der Waals surface area contributed by atoms with Crippen molar-refractivity contribution in [1.29, 1.82) is 0 Å². The van der Waals surface area contributed by atoms with E-state index in [4.69, 9.17) is 0 Å². The van der Waals surface area contributed by atoms with E-state index in [1.54, 1.807) is 4.90 Å². The van der Waals surface area contributed by atoms with Gasteiger partial charge in [0.05, 0.1) is 6.33 Å². The highest BCUT2D eigenvalue weighted by Gasteiger charge is 2.28. The minimum Gasteiger partial charge on any atom is -0.350 e. The number of amides is 2. The van der Waals surface area contributed by atoms with Crippen LogP contribution in [0.25, 0.3) is 0 Å². The third-order valence-electron chi connectivity index (χ3n) is 4.76. The van der Waals surface area contributed by atoms with Crippen molar-refractivity contribution in [3.05, 3.63) is 53.6 Å². The van der Waals surface area contributed by atoms with Crippen LogP contribution in [-0.2, 0) is 6.54 Å². The van der Waals surface area contributed by atoms with Crippen LogP contribution < -0.4 is 5.32 Å². The Morgan fingerprint density at radius 2 is 1.79 bits per heavy atom. The molecule has 0 aliphatic carbocycles. The summed E-state index contributed by atoms with van der Waals surface area (Å²) in [4.78, 5) is 36.4. The molecular weight excluding hydrogens is 354 g/mol. The number of aromatic nitrogens is 2. The SMILES string of the molecule is CC(C)(C)CNC(=O)c1nc[nH]c1C(=O)N1CCN(Cc2ccccc2)CC1. The zero-order chi connectivity index (χ0) is 20.1. The molecule has 150 valence electrons. The minimum atomic E-state index is -0.317. The molecular formula is C21H29N5O2. The normalized spacial score (nSPS) is 15.5. The first kappa shape index (κ1) is 20.1. The monoisotopic (exact) mass is 383 g/mol. The van der Waals surface area contributed by atoms with E-state index >= 15 is 0 Å². The number of nitrogens with zero attached hydrogens (tertiary/aromatic N) is 3. The summed E-state index contributed by atoms with van der Waals surface area (Å²) in [6.45, 7) is 10.4. The third-order valence-corrected chi connectivity index (χ3v) is 4.76. The zero-order valence-corrected chi connectivity index (χ0v) is 16.9. The maximum Gasteiger partial charge on any atom is 0.272 e. The molecule has 2 N–H and O–H groups in total. The van der Waals surface area contributed by atoms with Gasteiger partial charge in [0, 0.05) is 39.3 Å². The number of nitrogens with one attached hydrogen (secondary N) is 2. The van der Waals surface area contributed by atoms with E-state index in [-0.39, 0.29) is 28.6 Å². The molecule has 2 aromatic rings. The van der Waals surface area contributed by atoms with E-state index in [9.17, 15) is 9.59 Å². The lowest BCUT2D eigenvalue weighted by atomic mass is 9.97. The smallest absolute Gasteiger partial charge is 0.272 e. The van der Waals surface area contributed by atoms with Gasteiger partial charge in [0.25, 0.3) is 11.8 Å². The molecule has 0 unspecified atom stereocenters. The predicted octanol–water partition coefficient (Wildman–Crippen LogP) is 2.14. The van der Waals surface area contributed by atoms with Gasteiger partial charge in [-0.1, -0.05) is 51.1 Å². The van der Waals surface area contributed by atoms with Gasteiger partial charge in [-0.15, -0.1) is 0 Å². The van der Waals surface area contributed by atoms with Crippen LogP contribution in [0.5, 0.6) is 0 Å². The lowest BCUT2D eigenvalue weighted by Gasteiger charge is -2.34. The Balaban J connectivity index is 1.57. The Morgan fingerprint density at radius 1 is 1.11 bits per heavy atom. The summed E-state index contributed by atoms with van der Waals surface area (Å²) in [5.41, 5.74) is 1.67. The van der Waals surface area contributed by atoms with Crippen LogP contribution in [0.15, 0.2) is 36.7 Å². The fraction of sp³-hybridized carbons (Fsp3) is 0.476. The van der Waals surface area contributed by atoms with Gasteiger partial charge in [-0.05, 0) is 11.0 Å². The van der Waals surface area contributed by atoms with Crippen molar-refractivity contribution in [2.45, 2.75) is 27.3 Å². The molecule has 1 aliphatic rings. The molecule has 1 fully saturated rings. The topological polar surface area (TPSA) is 81.3 Å². The van der Waals surface area contributed by atoms with Crippen molar-refractivity contribution >= 4 is 11.8 Å². The Morgan fingerprint density at radius 3 is 2.43 bits per heavy atom. The largest absolute Gasteiger partial charge is 0.350 e. The van der Waals surface area contributed by atoms with Crippen molar-refractivity contribution in [3.63, 3.8) is 0 Å². The Hall–Kier alpha value is -2.67. The highest BCUT2D eigenvalue weighted by Crippen LogP contribution is 2.14. The third kappa shape index (κ3) is 5.19. The van der Waals surface area contributed by atoms with E-state index in [1.807, 2.05) is 39.0 Å². The number of aromatic amines is 1. The maximum atomic E-state index is 12.9. The number of piperazine rings is 1. The van der Waals surface area contributed by atoms with Crippen molar-refractivity contribution in [2.75, 3.05) is 32.7 Å². The van der Waals surface area contributed by atoms with E-state index in [0.29, 0.717) is 19.6 Å². The summed E-state index contributed by atoms with van der Waals surface area (Å²) in [5.74, 6) is -0.486. The molecule has 1 saturated heterocycles. The van der Waals surface area contributed by atoms with E-state index in [2.05, 4.69) is 32.3 Å². The van der Waals surface area contributed by atoms with E-state index in [1.165, 1.54) is 11.9 Å². The first-order chi connectivity index (χ1) is 13.3. The van der Waals surface area contributed by atoms with Gasteiger partial charge >= 0.3 is 0 Å². The molecule has 0 bridgehead atoms. The fourth-order valence-electron chi connectivity index (χ4n) is 3.17. The van der Waals surface area contributed by atoms with Crippen molar-refractivity contribution in [3.8, 4) is 0 Å². The van der Waals surface area contributed by atoms with Gasteiger partial charge in [-0.2, -0.15) is 0 Å². The molecule has 7 nitrogen and oxygen atoms in total. The van der Waals surface area contributed by atoms with Crippen LogP contribution in [0.1, 0.15) is 47.3 Å². The summed E-state index contributed by atoms with van der Waals surface area (Å²) in [7, 11) is 0. The number of carbonyl (C=O) groups excluding carboxylic acids is 2. The molecule has 7 heteroatoms. The number of benzene rings is 1. The highest BCUT2D eigenvalue weighted by molar-refractivity contribution is 6.04. The number of rotatable bonds is 5. The Labute approximate surface area is 166 Å². The summed E-state index contributed by atoms with van der Waals surface area (Å²) in [5, 5.41) is 2.86. The Kier molecular flexibility index (Phi) is 6.14. The van der Waals surface area contributed by atoms with Gasteiger partial charge < -0.3 is 15.2 Å². The van der Waals surface area contributed by atoms with Gasteiger partial charge in [0.15, 0.2) is 5.69 Å². The van der Waals surface area contributed by atoms with Gasteiger partial charge in [-0.3, -0.25) is 14.5 Å². The Bertz CT molecular complexity index is 802. The number of imidazole rings is 1. The molecule has 0 saturated carbocycles. The molecule has 0 radical (unpaired) electrons. The highest BCUT2D eigenvalue weighted by atomic mass is 16.2. The van der Waals surface area contributed by atoms with Crippen LogP contribution in [0.4, 0.5) is 0 Å². The van der Waals surface area contributed by atoms with Crippen molar-refractivity contribution < 1.29 is 9.59 Å². The van der Waals surface area contributed by atoms with Gasteiger partial charge in [-0.25, -0.2) is 4.98 Å². The minimum absolute atomic E-state index is 0.0365. The second-order valence-electron chi connectivity index (χ2n) is 8.42. The average molecular weight is 383 g/mol. The van der Waals surface area contributed by atoms with Crippen molar-refractivity contribution in [2.24, 2.45) is 5.41 Å². The number of carbonyl (C=O) groups is 2. The molecule has 1 aromatic heterocycles. The molecule has 1 aromatic carbocycles. The van der Waals surface area contributed by atoms with Crippen LogP contribution in [0.3, 0.4) is 0 Å². The maximum absolute atomic E-state index is 12.9. The molecule has 0 atom stereocenters. The number of H-pyrrole nitrogens is 1. The van der Waals surface area contributed by atoms with Crippen LogP contribution >= 0.6 is 0 Å². The fourth-order valence-corrected chi connectivity index (χ4v) is 3.17. The predicted molar refractivity (Wildman–Crippen MR) is 108 cm³/mol. The molecule has 2 heterocycles. The summed E-state index contributed by atoms with van der Waals surface area (Å²) in [6.07, 6.45) is 1.41. The number of hydrogen-bond acceptors (Lipinski definition) is 4. The van der Waals surface area contributed by atoms with E-state index in [0.717, 1.165) is 19.6 Å². The van der Waals surface area contributed by atoms with Crippen LogP contribution in [0.2, 0.25) is 0 Å². The first-order valence-corrected chi connectivity index (χ1v) is 9.70. The second kappa shape index (κ2) is 8.56. The van der Waals surface area contributed by atoms with Crippen LogP contribution in [0, 0.1) is 5.41 Å². The molecule has 28 heavy (non-hydrogen) atoms. The first-order valence-electron chi connectivity index (χ1n) is 9.70. The average Bonchev–Trinajstić information content (AvgIpc) is 3.16. The zero-order valence-electron chi connectivity index (χ0n) is 16.9.